The number of nitrogens with one attached hydrogen (secondary N) is 1. The number of ether oxygens (including phenoxy) is 1. The van der Waals surface area contributed by atoms with Crippen LogP contribution in [0.3, 0.4) is 0 Å². The summed E-state index contributed by atoms with van der Waals surface area (Å²) in [5.74, 6) is 1.67. The molecule has 21 heavy (non-hydrogen) atoms. The molecule has 0 amide bonds. The van der Waals surface area contributed by atoms with Crippen LogP contribution in [-0.4, -0.2) is 21.3 Å². The van der Waals surface area contributed by atoms with Crippen LogP contribution in [0, 0.1) is 0 Å². The lowest BCUT2D eigenvalue weighted by Gasteiger charge is -2.17. The molecule has 5 heteroatoms. The summed E-state index contributed by atoms with van der Waals surface area (Å²) in [5, 5.41) is 7.58. The average molecular weight is 288 g/mol. The molecule has 1 aromatic carbocycles. The molecule has 0 aliphatic carbocycles. The second-order valence-corrected chi connectivity index (χ2v) is 5.07. The third-order valence-corrected chi connectivity index (χ3v) is 3.50. The molecule has 0 bridgehead atoms. The third kappa shape index (κ3) is 4.29. The van der Waals surface area contributed by atoms with Crippen LogP contribution in [-0.2, 0) is 13.7 Å². The van der Waals surface area contributed by atoms with E-state index in [1.165, 1.54) is 11.9 Å². The molecule has 0 aliphatic heterocycles. The van der Waals surface area contributed by atoms with Gasteiger partial charge in [-0.2, -0.15) is 5.10 Å². The highest BCUT2D eigenvalue weighted by molar-refractivity contribution is 5.29. The van der Waals surface area contributed by atoms with Gasteiger partial charge in [-0.15, -0.1) is 0 Å². The molecular formula is C16H24N4O. The highest BCUT2D eigenvalue weighted by Gasteiger charge is 2.08. The van der Waals surface area contributed by atoms with E-state index in [-0.39, 0.29) is 0 Å². The molecule has 114 valence electrons. The summed E-state index contributed by atoms with van der Waals surface area (Å²) in [4.78, 5) is 4.14. The lowest BCUT2D eigenvalue weighted by atomic mass is 10.0. The van der Waals surface area contributed by atoms with Gasteiger partial charge in [-0.25, -0.2) is 4.98 Å². The fourth-order valence-corrected chi connectivity index (χ4v) is 2.21. The van der Waals surface area contributed by atoms with Crippen LogP contribution in [0.2, 0.25) is 0 Å². The van der Waals surface area contributed by atoms with Gasteiger partial charge in [0.05, 0.1) is 0 Å². The van der Waals surface area contributed by atoms with E-state index in [0.717, 1.165) is 31.0 Å². The summed E-state index contributed by atoms with van der Waals surface area (Å²) in [6, 6.07) is 8.70. The van der Waals surface area contributed by atoms with Crippen LogP contribution < -0.4 is 10.1 Å². The Hall–Kier alpha value is -1.88. The number of rotatable bonds is 8. The highest BCUT2D eigenvalue weighted by Crippen LogP contribution is 2.20. The van der Waals surface area contributed by atoms with Crippen LogP contribution in [0.5, 0.6) is 5.75 Å². The molecule has 1 atom stereocenters. The minimum absolute atomic E-state index is 0.415. The zero-order valence-corrected chi connectivity index (χ0v) is 13.0. The van der Waals surface area contributed by atoms with E-state index >= 15 is 0 Å². The number of aromatic nitrogens is 3. The molecule has 0 aliphatic rings. The zero-order valence-electron chi connectivity index (χ0n) is 13.0. The third-order valence-electron chi connectivity index (χ3n) is 3.50. The Morgan fingerprint density at radius 3 is 2.57 bits per heavy atom. The smallest absolute Gasteiger partial charge is 0.164 e. The van der Waals surface area contributed by atoms with Gasteiger partial charge in [0, 0.05) is 13.1 Å². The van der Waals surface area contributed by atoms with Gasteiger partial charge in [-0.3, -0.25) is 4.68 Å². The summed E-state index contributed by atoms with van der Waals surface area (Å²) in [7, 11) is 1.86. The maximum absolute atomic E-state index is 5.74. The van der Waals surface area contributed by atoms with E-state index in [1.54, 1.807) is 4.68 Å². The molecule has 0 spiro atoms. The van der Waals surface area contributed by atoms with Crippen LogP contribution in [0.4, 0.5) is 0 Å². The molecule has 1 unspecified atom stereocenters. The molecule has 0 saturated heterocycles. The van der Waals surface area contributed by atoms with Crippen molar-refractivity contribution in [3.63, 3.8) is 0 Å². The maximum atomic E-state index is 5.74. The number of aryl methyl sites for hydroxylation is 1. The topological polar surface area (TPSA) is 52.0 Å². The Bertz CT molecular complexity index is 535. The summed E-state index contributed by atoms with van der Waals surface area (Å²) in [5.41, 5.74) is 1.30. The van der Waals surface area contributed by atoms with E-state index in [9.17, 15) is 0 Å². The first-order valence-electron chi connectivity index (χ1n) is 7.53. The summed E-state index contributed by atoms with van der Waals surface area (Å²) in [6.07, 6.45) is 3.77. The predicted molar refractivity (Wildman–Crippen MR) is 83.1 cm³/mol. The van der Waals surface area contributed by atoms with Crippen LogP contribution >= 0.6 is 0 Å². The van der Waals surface area contributed by atoms with Crippen molar-refractivity contribution in [3.05, 3.63) is 42.0 Å². The van der Waals surface area contributed by atoms with Crippen molar-refractivity contribution in [1.29, 1.82) is 0 Å². The van der Waals surface area contributed by atoms with Gasteiger partial charge in [-0.05, 0) is 37.1 Å². The standard InChI is InChI=1S/C16H24N4O/c1-4-10-17-15(5-2)13-6-8-14(9-7-13)21-11-16-18-12-19-20(16)3/h6-9,12,15,17H,4-5,10-11H2,1-3H3. The van der Waals surface area contributed by atoms with E-state index in [4.69, 9.17) is 4.74 Å². The monoisotopic (exact) mass is 288 g/mol. The van der Waals surface area contributed by atoms with Gasteiger partial charge in [0.2, 0.25) is 0 Å². The Morgan fingerprint density at radius 2 is 2.00 bits per heavy atom. The fourth-order valence-electron chi connectivity index (χ4n) is 2.21. The number of hydrogen-bond donors (Lipinski definition) is 1. The molecule has 0 fully saturated rings. The zero-order chi connectivity index (χ0) is 15.1. The Kier molecular flexibility index (Phi) is 5.75. The lowest BCUT2D eigenvalue weighted by molar-refractivity contribution is 0.289. The minimum Gasteiger partial charge on any atom is -0.486 e. The molecule has 2 rings (SSSR count). The number of nitrogens with zero attached hydrogens (tertiary/aromatic N) is 3. The van der Waals surface area contributed by atoms with E-state index in [0.29, 0.717) is 12.6 Å². The normalized spacial score (nSPS) is 12.3. The molecule has 2 aromatic rings. The Balaban J connectivity index is 1.93. The van der Waals surface area contributed by atoms with Crippen molar-refractivity contribution >= 4 is 0 Å². The second kappa shape index (κ2) is 7.78. The number of benzene rings is 1. The lowest BCUT2D eigenvalue weighted by Crippen LogP contribution is -2.21. The molecule has 5 nitrogen and oxygen atoms in total. The van der Waals surface area contributed by atoms with Crippen molar-refractivity contribution in [2.45, 2.75) is 39.3 Å². The van der Waals surface area contributed by atoms with Gasteiger partial charge < -0.3 is 10.1 Å². The molecule has 0 radical (unpaired) electrons. The summed E-state index contributed by atoms with van der Waals surface area (Å²) < 4.78 is 7.46. The molecule has 1 N–H and O–H groups in total. The van der Waals surface area contributed by atoms with Crippen molar-refractivity contribution in [2.75, 3.05) is 6.54 Å². The molecule has 1 heterocycles. The largest absolute Gasteiger partial charge is 0.486 e. The Morgan fingerprint density at radius 1 is 1.24 bits per heavy atom. The first-order chi connectivity index (χ1) is 10.2. The van der Waals surface area contributed by atoms with Crippen molar-refractivity contribution in [1.82, 2.24) is 20.1 Å². The summed E-state index contributed by atoms with van der Waals surface area (Å²) >= 11 is 0. The minimum atomic E-state index is 0.415. The van der Waals surface area contributed by atoms with Gasteiger partial charge in [0.15, 0.2) is 5.82 Å². The van der Waals surface area contributed by atoms with E-state index < -0.39 is 0 Å². The molecular weight excluding hydrogens is 264 g/mol. The SMILES string of the molecule is CCCNC(CC)c1ccc(OCc2ncnn2C)cc1. The Labute approximate surface area is 126 Å². The van der Waals surface area contributed by atoms with E-state index in [2.05, 4.69) is 41.4 Å². The van der Waals surface area contributed by atoms with Crippen LogP contribution in [0.15, 0.2) is 30.6 Å². The first kappa shape index (κ1) is 15.5. The van der Waals surface area contributed by atoms with Crippen LogP contribution in [0.25, 0.3) is 0 Å². The van der Waals surface area contributed by atoms with Gasteiger partial charge in [0.25, 0.3) is 0 Å². The van der Waals surface area contributed by atoms with Crippen molar-refractivity contribution in [2.24, 2.45) is 7.05 Å². The maximum Gasteiger partial charge on any atom is 0.164 e. The quantitative estimate of drug-likeness (QED) is 0.811. The van der Waals surface area contributed by atoms with Crippen molar-refractivity contribution in [3.8, 4) is 5.75 Å². The summed E-state index contributed by atoms with van der Waals surface area (Å²) in [6.45, 7) is 5.86. The van der Waals surface area contributed by atoms with E-state index in [1.807, 2.05) is 19.2 Å². The van der Waals surface area contributed by atoms with Crippen LogP contribution in [0.1, 0.15) is 44.1 Å². The molecule has 1 aromatic heterocycles. The predicted octanol–water partition coefficient (Wildman–Crippen LogP) is 2.84. The second-order valence-electron chi connectivity index (χ2n) is 5.07. The van der Waals surface area contributed by atoms with Gasteiger partial charge in [-0.1, -0.05) is 26.0 Å². The van der Waals surface area contributed by atoms with Gasteiger partial charge in [0.1, 0.15) is 18.7 Å². The highest BCUT2D eigenvalue weighted by atomic mass is 16.5. The number of hydrogen-bond acceptors (Lipinski definition) is 4. The van der Waals surface area contributed by atoms with Gasteiger partial charge >= 0.3 is 0 Å². The first-order valence-corrected chi connectivity index (χ1v) is 7.53. The molecule has 0 saturated carbocycles. The van der Waals surface area contributed by atoms with Crippen molar-refractivity contribution < 1.29 is 4.74 Å². The fraction of sp³-hybridized carbons (Fsp3) is 0.500. The average Bonchev–Trinajstić information content (AvgIpc) is 2.92.